The molecule has 1 amide bonds. The largest absolute Gasteiger partial charge is 0.467 e. The number of ether oxygens (including phenoxy) is 5. The highest BCUT2D eigenvalue weighted by Gasteiger charge is 2.24. The van der Waals surface area contributed by atoms with Gasteiger partial charge in [-0.1, -0.05) is 28.5 Å². The maximum atomic E-state index is 13.6. The predicted octanol–water partition coefficient (Wildman–Crippen LogP) is 5.49. The van der Waals surface area contributed by atoms with Crippen molar-refractivity contribution in [1.82, 2.24) is 4.90 Å². The van der Waals surface area contributed by atoms with E-state index in [1.54, 1.807) is 36.1 Å². The fourth-order valence-corrected chi connectivity index (χ4v) is 4.61. The summed E-state index contributed by atoms with van der Waals surface area (Å²) in [7, 11) is 0. The van der Waals surface area contributed by atoms with Gasteiger partial charge < -0.3 is 33.4 Å². The molecule has 1 fully saturated rings. The lowest BCUT2D eigenvalue weighted by molar-refractivity contribution is -0.137. The number of cyclic esters (lactones) is 1. The topological polar surface area (TPSA) is 154 Å². The molecule has 13 nitrogen and oxygen atoms in total. The van der Waals surface area contributed by atoms with Crippen molar-refractivity contribution in [3.63, 3.8) is 0 Å². The van der Waals surface area contributed by atoms with Crippen LogP contribution in [0.25, 0.3) is 10.4 Å². The lowest BCUT2D eigenvalue weighted by Gasteiger charge is -2.26. The first-order valence-electron chi connectivity index (χ1n) is 15.1. The summed E-state index contributed by atoms with van der Waals surface area (Å²) in [6.45, 7) is 7.45. The van der Waals surface area contributed by atoms with E-state index in [0.717, 1.165) is 19.3 Å². The van der Waals surface area contributed by atoms with E-state index in [9.17, 15) is 9.59 Å². The average molecular weight is 614 g/mol. The number of rotatable bonds is 12. The van der Waals surface area contributed by atoms with Crippen LogP contribution in [-0.2, 0) is 30.3 Å². The molecule has 2 aliphatic heterocycles. The summed E-state index contributed by atoms with van der Waals surface area (Å²) in [4.78, 5) is 36.6. The zero-order chi connectivity index (χ0) is 31.6. The second kappa shape index (κ2) is 19.3. The van der Waals surface area contributed by atoms with Gasteiger partial charge in [0, 0.05) is 50.1 Å². The fourth-order valence-electron chi connectivity index (χ4n) is 4.61. The Morgan fingerprint density at radius 1 is 1.07 bits per heavy atom. The summed E-state index contributed by atoms with van der Waals surface area (Å²) in [5, 5.41) is 8.13. The number of allylic oxidation sites excluding steroid dienone is 1. The van der Waals surface area contributed by atoms with Crippen LogP contribution in [0.5, 0.6) is 11.5 Å². The SMILES string of the molecule is CCOCOc1cc2c(c(OCOCC)c1)C(=O)O[C@H](C)C/C=C/[C@@H](N=[N+]=[N-])C/C=C/C(=NOCC(=O)N1CCCCC1)C2. The number of piperidine rings is 1. The van der Waals surface area contributed by atoms with Crippen LogP contribution in [-0.4, -0.2) is 81.1 Å². The molecule has 0 radical (unpaired) electrons. The lowest BCUT2D eigenvalue weighted by Crippen LogP contribution is -2.37. The molecule has 0 N–H and O–H groups in total. The zero-order valence-electron chi connectivity index (χ0n) is 25.8. The Labute approximate surface area is 258 Å². The lowest BCUT2D eigenvalue weighted by atomic mass is 9.99. The molecule has 0 spiro atoms. The van der Waals surface area contributed by atoms with Crippen molar-refractivity contribution in [2.45, 2.75) is 71.4 Å². The summed E-state index contributed by atoms with van der Waals surface area (Å²) in [6.07, 6.45) is 10.6. The third kappa shape index (κ3) is 11.6. The highest BCUT2D eigenvalue weighted by molar-refractivity contribution is 6.00. The van der Waals surface area contributed by atoms with Crippen LogP contribution in [0.2, 0.25) is 0 Å². The van der Waals surface area contributed by atoms with Crippen LogP contribution >= 0.6 is 0 Å². The molecule has 2 heterocycles. The number of amides is 1. The number of fused-ring (bicyclic) bond motifs is 1. The van der Waals surface area contributed by atoms with E-state index in [2.05, 4.69) is 15.2 Å². The maximum absolute atomic E-state index is 13.6. The highest BCUT2D eigenvalue weighted by Crippen LogP contribution is 2.32. The Hall–Kier alpha value is -4.06. The summed E-state index contributed by atoms with van der Waals surface area (Å²) in [6, 6.07) is 2.84. The number of hydrogen-bond acceptors (Lipinski definition) is 10. The number of carbonyl (C=O) groups excluding carboxylic acids is 2. The van der Waals surface area contributed by atoms with Crippen LogP contribution in [0.15, 0.2) is 46.7 Å². The van der Waals surface area contributed by atoms with Crippen molar-refractivity contribution < 1.29 is 38.1 Å². The first kappa shape index (κ1) is 34.4. The van der Waals surface area contributed by atoms with Crippen LogP contribution in [0.4, 0.5) is 0 Å². The van der Waals surface area contributed by atoms with Gasteiger partial charge >= 0.3 is 5.97 Å². The number of azide groups is 1. The Morgan fingerprint density at radius 2 is 1.82 bits per heavy atom. The molecule has 1 saturated heterocycles. The first-order valence-corrected chi connectivity index (χ1v) is 15.1. The van der Waals surface area contributed by atoms with E-state index in [-0.39, 0.29) is 43.8 Å². The van der Waals surface area contributed by atoms with E-state index < -0.39 is 18.1 Å². The molecule has 2 aliphatic rings. The summed E-state index contributed by atoms with van der Waals surface area (Å²) < 4.78 is 28.2. The Bertz CT molecular complexity index is 1220. The summed E-state index contributed by atoms with van der Waals surface area (Å²) in [5.74, 6) is -0.114. The zero-order valence-corrected chi connectivity index (χ0v) is 25.8. The van der Waals surface area contributed by atoms with Gasteiger partial charge in [0.1, 0.15) is 23.2 Å². The van der Waals surface area contributed by atoms with Gasteiger partial charge in [-0.15, -0.1) is 0 Å². The van der Waals surface area contributed by atoms with Crippen molar-refractivity contribution in [2.24, 2.45) is 10.3 Å². The molecule has 2 atom stereocenters. The van der Waals surface area contributed by atoms with Gasteiger partial charge in [0.2, 0.25) is 0 Å². The minimum absolute atomic E-state index is 0.00261. The third-order valence-corrected chi connectivity index (χ3v) is 6.85. The smallest absolute Gasteiger partial charge is 0.342 e. The molecular weight excluding hydrogens is 570 g/mol. The number of benzene rings is 1. The molecule has 1 aromatic carbocycles. The molecule has 44 heavy (non-hydrogen) atoms. The molecule has 0 unspecified atom stereocenters. The van der Waals surface area contributed by atoms with E-state index in [1.807, 2.05) is 26.0 Å². The van der Waals surface area contributed by atoms with Crippen molar-refractivity contribution in [3.05, 3.63) is 58.0 Å². The standard InChI is InChI=1S/C31H43N5O8/c1-4-39-21-41-27-18-24-17-26(34-43-20-29(37)36-15-7-6-8-16-36)14-10-13-25(33-35-32)12-9-11-23(3)44-31(38)30(24)28(19-27)42-22-40-5-2/h9-10,12,14,18-19,23,25H,4-8,11,13,15-17,20-22H2,1-3H3/b12-9+,14-10+,34-26?/t23-,25-/m1/s1. The second-order valence-corrected chi connectivity index (χ2v) is 10.2. The Balaban J connectivity index is 2.02. The van der Waals surface area contributed by atoms with Gasteiger partial charge in [0.05, 0.1) is 11.8 Å². The maximum Gasteiger partial charge on any atom is 0.342 e. The van der Waals surface area contributed by atoms with E-state index in [0.29, 0.717) is 56.2 Å². The molecule has 0 aromatic heterocycles. The molecular formula is C31H43N5O8. The van der Waals surface area contributed by atoms with Crippen LogP contribution in [0.3, 0.4) is 0 Å². The first-order chi connectivity index (χ1) is 21.4. The summed E-state index contributed by atoms with van der Waals surface area (Å²) in [5.41, 5.74) is 10.1. The fraction of sp³-hybridized carbons (Fsp3) is 0.581. The monoisotopic (exact) mass is 613 g/mol. The average Bonchev–Trinajstić information content (AvgIpc) is 3.01. The summed E-state index contributed by atoms with van der Waals surface area (Å²) >= 11 is 0. The van der Waals surface area contributed by atoms with Gasteiger partial charge in [0.15, 0.2) is 20.2 Å². The van der Waals surface area contributed by atoms with Gasteiger partial charge in [-0.25, -0.2) is 4.79 Å². The number of esters is 1. The van der Waals surface area contributed by atoms with Gasteiger partial charge in [-0.05, 0) is 69.7 Å². The Morgan fingerprint density at radius 3 is 2.55 bits per heavy atom. The van der Waals surface area contributed by atoms with Crippen LogP contribution < -0.4 is 9.47 Å². The number of nitrogens with zero attached hydrogens (tertiary/aromatic N) is 5. The number of likely N-dealkylation sites (tertiary alicyclic amines) is 1. The quantitative estimate of drug-likeness (QED) is 0.0438. The number of carbonyl (C=O) groups is 2. The molecule has 3 rings (SSSR count). The van der Waals surface area contributed by atoms with E-state index in [1.165, 1.54) is 0 Å². The van der Waals surface area contributed by atoms with Gasteiger partial charge in [-0.3, -0.25) is 4.79 Å². The second-order valence-electron chi connectivity index (χ2n) is 10.2. The highest BCUT2D eigenvalue weighted by atomic mass is 16.7. The van der Waals surface area contributed by atoms with Gasteiger partial charge in [-0.2, -0.15) is 0 Å². The van der Waals surface area contributed by atoms with Gasteiger partial charge in [0.25, 0.3) is 5.91 Å². The van der Waals surface area contributed by atoms with E-state index in [4.69, 9.17) is 34.1 Å². The normalized spacial score (nSPS) is 21.7. The molecule has 0 bridgehead atoms. The predicted molar refractivity (Wildman–Crippen MR) is 164 cm³/mol. The minimum Gasteiger partial charge on any atom is -0.467 e. The van der Waals surface area contributed by atoms with Crippen molar-refractivity contribution in [3.8, 4) is 11.5 Å². The third-order valence-electron chi connectivity index (χ3n) is 6.85. The molecule has 1 aromatic rings. The molecule has 0 saturated carbocycles. The molecule has 0 aliphatic carbocycles. The van der Waals surface area contributed by atoms with E-state index >= 15 is 0 Å². The van der Waals surface area contributed by atoms with Crippen molar-refractivity contribution in [1.29, 1.82) is 0 Å². The Kier molecular flexibility index (Phi) is 15.1. The molecule has 240 valence electrons. The van der Waals surface area contributed by atoms with Crippen LogP contribution in [0, 0.1) is 0 Å². The molecule has 13 heteroatoms. The van der Waals surface area contributed by atoms with Crippen LogP contribution in [0.1, 0.15) is 68.8 Å². The van der Waals surface area contributed by atoms with Crippen molar-refractivity contribution in [2.75, 3.05) is 46.5 Å². The number of hydrogen-bond donors (Lipinski definition) is 0. The van der Waals surface area contributed by atoms with Crippen molar-refractivity contribution >= 4 is 17.6 Å². The number of oxime groups is 1. The minimum atomic E-state index is -0.600.